The van der Waals surface area contributed by atoms with Crippen LogP contribution in [0.4, 0.5) is 0 Å². The number of amides is 1. The van der Waals surface area contributed by atoms with E-state index >= 15 is 0 Å². The summed E-state index contributed by atoms with van der Waals surface area (Å²) in [6.07, 6.45) is 3.69. The molecule has 2 N–H and O–H groups in total. The maximum absolute atomic E-state index is 12.1. The van der Waals surface area contributed by atoms with Crippen LogP contribution in [-0.2, 0) is 11.8 Å². The van der Waals surface area contributed by atoms with Gasteiger partial charge >= 0.3 is 0 Å². The van der Waals surface area contributed by atoms with Crippen LogP contribution in [0.2, 0.25) is 0 Å². The Morgan fingerprint density at radius 2 is 1.68 bits per heavy atom. The number of benzene rings is 2. The third-order valence-electron chi connectivity index (χ3n) is 4.99. The van der Waals surface area contributed by atoms with E-state index in [0.717, 1.165) is 22.5 Å². The molecule has 1 aromatic heterocycles. The number of aromatic nitrogens is 2. The zero-order chi connectivity index (χ0) is 17.4. The molecule has 0 bridgehead atoms. The monoisotopic (exact) mass is 333 g/mol. The topological polar surface area (TPSA) is 67.2 Å². The normalized spacial score (nSPS) is 21.8. The van der Waals surface area contributed by atoms with Gasteiger partial charge in [0.05, 0.1) is 5.92 Å². The van der Waals surface area contributed by atoms with Gasteiger partial charge < -0.3 is 4.57 Å². The highest BCUT2D eigenvalue weighted by molar-refractivity contribution is 5.84. The van der Waals surface area contributed by atoms with Gasteiger partial charge in [-0.2, -0.15) is 0 Å². The lowest BCUT2D eigenvalue weighted by molar-refractivity contribution is -0.130. The number of carbonyl (C=O) groups is 1. The van der Waals surface area contributed by atoms with Crippen molar-refractivity contribution < 1.29 is 10.0 Å². The van der Waals surface area contributed by atoms with Crippen LogP contribution in [0.1, 0.15) is 23.0 Å². The molecule has 1 saturated carbocycles. The summed E-state index contributed by atoms with van der Waals surface area (Å²) in [4.78, 5) is 16.4. The lowest BCUT2D eigenvalue weighted by Gasteiger charge is -2.05. The number of rotatable bonds is 4. The van der Waals surface area contributed by atoms with Crippen molar-refractivity contribution in [2.75, 3.05) is 0 Å². The summed E-state index contributed by atoms with van der Waals surface area (Å²) in [6, 6.07) is 18.1. The second kappa shape index (κ2) is 6.18. The molecule has 2 aromatic carbocycles. The van der Waals surface area contributed by atoms with Crippen molar-refractivity contribution in [2.24, 2.45) is 13.0 Å². The van der Waals surface area contributed by atoms with Gasteiger partial charge in [-0.3, -0.25) is 10.0 Å². The molecular weight excluding hydrogens is 314 g/mol. The second-order valence-electron chi connectivity index (χ2n) is 6.45. The largest absolute Gasteiger partial charge is 0.334 e. The van der Waals surface area contributed by atoms with Crippen molar-refractivity contribution in [1.29, 1.82) is 0 Å². The van der Waals surface area contributed by atoms with Gasteiger partial charge in [-0.15, -0.1) is 0 Å². The van der Waals surface area contributed by atoms with Crippen molar-refractivity contribution in [3.63, 3.8) is 0 Å². The van der Waals surface area contributed by atoms with Gasteiger partial charge in [0.2, 0.25) is 5.91 Å². The van der Waals surface area contributed by atoms with E-state index in [-0.39, 0.29) is 23.7 Å². The summed E-state index contributed by atoms with van der Waals surface area (Å²) in [5, 5.41) is 9.06. The second-order valence-corrected chi connectivity index (χ2v) is 6.45. The van der Waals surface area contributed by atoms with Crippen LogP contribution in [-0.4, -0.2) is 20.7 Å². The highest BCUT2D eigenvalue weighted by Gasteiger charge is 2.56. The van der Waals surface area contributed by atoms with Gasteiger partial charge in [0, 0.05) is 36.8 Å². The Kier molecular flexibility index (Phi) is 3.86. The molecule has 1 aliphatic carbocycles. The number of hydroxylamine groups is 1. The third-order valence-corrected chi connectivity index (χ3v) is 4.99. The van der Waals surface area contributed by atoms with Crippen molar-refractivity contribution in [1.82, 2.24) is 15.0 Å². The summed E-state index contributed by atoms with van der Waals surface area (Å²) < 4.78 is 1.97. The molecule has 0 spiro atoms. The van der Waals surface area contributed by atoms with Gasteiger partial charge in [-0.05, 0) is 11.1 Å². The minimum absolute atomic E-state index is 0.0740. The van der Waals surface area contributed by atoms with Gasteiger partial charge in [-0.1, -0.05) is 54.6 Å². The number of aryl methyl sites for hydroxylation is 1. The van der Waals surface area contributed by atoms with Gasteiger partial charge in [0.15, 0.2) is 0 Å². The summed E-state index contributed by atoms with van der Waals surface area (Å²) >= 11 is 0. The van der Waals surface area contributed by atoms with E-state index in [2.05, 4.69) is 17.1 Å². The molecule has 25 heavy (non-hydrogen) atoms. The number of carbonyl (C=O) groups excluding carboxylic acids is 1. The minimum atomic E-state index is -0.327. The van der Waals surface area contributed by atoms with E-state index in [4.69, 9.17) is 5.21 Å². The molecule has 4 rings (SSSR count). The molecule has 1 amide bonds. The van der Waals surface area contributed by atoms with Gasteiger partial charge in [-0.25, -0.2) is 10.5 Å². The standard InChI is InChI=1S/C20H19N3O2/c1-23-12-11-21-19(23)15-9-7-14(8-10-15)17-16(18(17)20(24)22-25)13-5-3-2-4-6-13/h2-12,16-18,25H,1H3,(H,22,24)/t16-,17-,18-/m1/s1. The maximum atomic E-state index is 12.1. The highest BCUT2D eigenvalue weighted by Crippen LogP contribution is 2.60. The highest BCUT2D eigenvalue weighted by atomic mass is 16.5. The van der Waals surface area contributed by atoms with Crippen molar-refractivity contribution in [2.45, 2.75) is 11.8 Å². The van der Waals surface area contributed by atoms with Crippen LogP contribution in [0.15, 0.2) is 67.0 Å². The van der Waals surface area contributed by atoms with Crippen LogP contribution >= 0.6 is 0 Å². The Bertz CT molecular complexity index is 887. The van der Waals surface area contributed by atoms with Crippen LogP contribution in [0, 0.1) is 5.92 Å². The first-order valence-electron chi connectivity index (χ1n) is 8.27. The quantitative estimate of drug-likeness (QED) is 0.569. The number of hydrogen-bond acceptors (Lipinski definition) is 3. The lowest BCUT2D eigenvalue weighted by Crippen LogP contribution is -2.21. The minimum Gasteiger partial charge on any atom is -0.334 e. The van der Waals surface area contributed by atoms with E-state index in [0.29, 0.717) is 0 Å². The Balaban J connectivity index is 1.64. The summed E-state index contributed by atoms with van der Waals surface area (Å²) in [6.45, 7) is 0. The average Bonchev–Trinajstić information content (AvgIpc) is 3.27. The fourth-order valence-electron chi connectivity index (χ4n) is 3.71. The fourth-order valence-corrected chi connectivity index (χ4v) is 3.71. The van der Waals surface area contributed by atoms with E-state index in [1.165, 1.54) is 0 Å². The molecule has 126 valence electrons. The fraction of sp³-hybridized carbons (Fsp3) is 0.200. The van der Waals surface area contributed by atoms with E-state index < -0.39 is 0 Å². The summed E-state index contributed by atoms with van der Waals surface area (Å²) in [7, 11) is 1.96. The molecule has 0 radical (unpaired) electrons. The van der Waals surface area contributed by atoms with E-state index in [1.54, 1.807) is 6.20 Å². The van der Waals surface area contributed by atoms with Crippen LogP contribution in [0.3, 0.4) is 0 Å². The van der Waals surface area contributed by atoms with Crippen molar-refractivity contribution >= 4 is 5.91 Å². The third kappa shape index (κ3) is 2.72. The van der Waals surface area contributed by atoms with Crippen LogP contribution in [0.25, 0.3) is 11.4 Å². The molecule has 5 nitrogen and oxygen atoms in total. The van der Waals surface area contributed by atoms with Crippen molar-refractivity contribution in [3.8, 4) is 11.4 Å². The maximum Gasteiger partial charge on any atom is 0.247 e. The summed E-state index contributed by atoms with van der Waals surface area (Å²) in [5.41, 5.74) is 5.07. The first kappa shape index (κ1) is 15.6. The first-order valence-corrected chi connectivity index (χ1v) is 8.27. The smallest absolute Gasteiger partial charge is 0.247 e. The molecule has 1 fully saturated rings. The molecule has 1 aliphatic rings. The zero-order valence-electron chi connectivity index (χ0n) is 13.8. The molecule has 3 aromatic rings. The van der Waals surface area contributed by atoms with Crippen LogP contribution in [0.5, 0.6) is 0 Å². The lowest BCUT2D eigenvalue weighted by atomic mass is 10.0. The Morgan fingerprint density at radius 3 is 2.24 bits per heavy atom. The van der Waals surface area contributed by atoms with Crippen LogP contribution < -0.4 is 5.48 Å². The zero-order valence-corrected chi connectivity index (χ0v) is 13.8. The Labute approximate surface area is 145 Å². The number of nitrogens with one attached hydrogen (secondary N) is 1. The SMILES string of the molecule is Cn1ccnc1-c1ccc([C@H]2[C@H](C(=O)NO)[C@@H]2c2ccccc2)cc1. The first-order chi connectivity index (χ1) is 12.2. The number of imidazole rings is 1. The van der Waals surface area contributed by atoms with E-state index in [9.17, 15) is 4.79 Å². The molecule has 5 heteroatoms. The molecule has 0 saturated heterocycles. The van der Waals surface area contributed by atoms with E-state index in [1.807, 2.05) is 65.8 Å². The molecule has 0 unspecified atom stereocenters. The Hall–Kier alpha value is -2.92. The molecule has 0 aliphatic heterocycles. The van der Waals surface area contributed by atoms with Gasteiger partial charge in [0.25, 0.3) is 0 Å². The molecule has 3 atom stereocenters. The van der Waals surface area contributed by atoms with Gasteiger partial charge in [0.1, 0.15) is 5.82 Å². The predicted molar refractivity (Wildman–Crippen MR) is 94.0 cm³/mol. The van der Waals surface area contributed by atoms with Crippen molar-refractivity contribution in [3.05, 3.63) is 78.1 Å². The molecular formula is C20H19N3O2. The summed E-state index contributed by atoms with van der Waals surface area (Å²) in [5.74, 6) is 0.502. The number of hydrogen-bond donors (Lipinski definition) is 2. The predicted octanol–water partition coefficient (Wildman–Crippen LogP) is 3.09. The molecule has 1 heterocycles. The average molecular weight is 333 g/mol. The number of nitrogens with zero attached hydrogens (tertiary/aromatic N) is 2. The Morgan fingerprint density at radius 1 is 1.04 bits per heavy atom.